The van der Waals surface area contributed by atoms with Gasteiger partial charge in [0.15, 0.2) is 5.75 Å². The molecule has 0 saturated heterocycles. The van der Waals surface area contributed by atoms with E-state index in [1.165, 1.54) is 34.7 Å². The molecule has 0 unspecified atom stereocenters. The van der Waals surface area contributed by atoms with Crippen molar-refractivity contribution >= 4 is 0 Å². The molecule has 3 aromatic rings. The largest absolute Gasteiger partial charge is 0.491 e. The zero-order chi connectivity index (χ0) is 19.8. The highest BCUT2D eigenvalue weighted by Gasteiger charge is 2.30. The number of aryl methyl sites for hydroxylation is 2. The van der Waals surface area contributed by atoms with Gasteiger partial charge >= 0.3 is 6.18 Å². The summed E-state index contributed by atoms with van der Waals surface area (Å²) in [5, 5.41) is 8.35. The van der Waals surface area contributed by atoms with Crippen LogP contribution < -0.4 is 10.3 Å². The first kappa shape index (κ1) is 18.7. The maximum Gasteiger partial charge on any atom is 0.416 e. The zero-order valence-electron chi connectivity index (χ0n) is 14.9. The highest BCUT2D eigenvalue weighted by molar-refractivity contribution is 5.68. The number of rotatable bonds is 4. The lowest BCUT2D eigenvalue weighted by Gasteiger charge is -2.09. The SMILES string of the molecule is CCOc1cnn(C)c(=O)c1-c1nn(-c2ccc(C(F)(F)F)cc2)cc1C. The van der Waals surface area contributed by atoms with E-state index < -0.39 is 11.7 Å². The van der Waals surface area contributed by atoms with Crippen molar-refractivity contribution in [1.82, 2.24) is 19.6 Å². The second-order valence-electron chi connectivity index (χ2n) is 5.90. The number of halogens is 3. The lowest BCUT2D eigenvalue weighted by Crippen LogP contribution is -2.22. The molecule has 3 rings (SSSR count). The summed E-state index contributed by atoms with van der Waals surface area (Å²) >= 11 is 0. The van der Waals surface area contributed by atoms with Crippen LogP contribution in [0.4, 0.5) is 13.2 Å². The molecule has 142 valence electrons. The van der Waals surface area contributed by atoms with E-state index >= 15 is 0 Å². The second kappa shape index (κ2) is 6.90. The fourth-order valence-corrected chi connectivity index (χ4v) is 2.65. The molecule has 2 heterocycles. The fraction of sp³-hybridized carbons (Fsp3) is 0.278. The van der Waals surface area contributed by atoms with Crippen LogP contribution in [0, 0.1) is 6.92 Å². The fourth-order valence-electron chi connectivity index (χ4n) is 2.65. The van der Waals surface area contributed by atoms with Crippen LogP contribution in [0.2, 0.25) is 0 Å². The Morgan fingerprint density at radius 3 is 2.44 bits per heavy atom. The van der Waals surface area contributed by atoms with Crippen LogP contribution in [0.1, 0.15) is 18.1 Å². The van der Waals surface area contributed by atoms with Crippen molar-refractivity contribution in [3.63, 3.8) is 0 Å². The van der Waals surface area contributed by atoms with Gasteiger partial charge in [-0.2, -0.15) is 23.4 Å². The minimum absolute atomic E-state index is 0.262. The highest BCUT2D eigenvalue weighted by atomic mass is 19.4. The van der Waals surface area contributed by atoms with E-state index in [4.69, 9.17) is 4.74 Å². The molecule has 0 fully saturated rings. The summed E-state index contributed by atoms with van der Waals surface area (Å²) in [4.78, 5) is 12.6. The van der Waals surface area contributed by atoms with Gasteiger partial charge in [0.05, 0.1) is 24.1 Å². The van der Waals surface area contributed by atoms with E-state index in [0.717, 1.165) is 12.1 Å². The van der Waals surface area contributed by atoms with E-state index in [0.29, 0.717) is 29.3 Å². The molecule has 0 spiro atoms. The van der Waals surface area contributed by atoms with E-state index in [1.54, 1.807) is 20.0 Å². The molecule has 9 heteroatoms. The second-order valence-corrected chi connectivity index (χ2v) is 5.90. The molecule has 0 atom stereocenters. The topological polar surface area (TPSA) is 61.9 Å². The Bertz CT molecular complexity index is 1020. The summed E-state index contributed by atoms with van der Waals surface area (Å²) < 4.78 is 46.3. The maximum atomic E-state index is 12.7. The Labute approximate surface area is 152 Å². The Hall–Kier alpha value is -3.10. The number of aromatic nitrogens is 4. The molecule has 2 aromatic heterocycles. The van der Waals surface area contributed by atoms with Gasteiger partial charge < -0.3 is 4.74 Å². The standard InChI is InChI=1S/C18H17F3N4O2/c1-4-27-14-9-22-24(3)17(26)15(14)16-11(2)10-25(23-16)13-7-5-12(6-8-13)18(19,20)21/h5-10H,4H2,1-3H3. The number of nitrogens with zero attached hydrogens (tertiary/aromatic N) is 4. The first-order valence-corrected chi connectivity index (χ1v) is 8.15. The molecule has 0 radical (unpaired) electrons. The summed E-state index contributed by atoms with van der Waals surface area (Å²) in [6.07, 6.45) is -1.32. The number of ether oxygens (including phenoxy) is 1. The third-order valence-corrected chi connectivity index (χ3v) is 4.00. The molecule has 1 aromatic carbocycles. The van der Waals surface area contributed by atoms with Crippen molar-refractivity contribution in [2.45, 2.75) is 20.0 Å². The van der Waals surface area contributed by atoms with Gasteiger partial charge in [-0.25, -0.2) is 9.36 Å². The third-order valence-electron chi connectivity index (χ3n) is 4.00. The lowest BCUT2D eigenvalue weighted by molar-refractivity contribution is -0.137. The Kier molecular flexibility index (Phi) is 4.77. The van der Waals surface area contributed by atoms with E-state index in [1.807, 2.05) is 0 Å². The smallest absolute Gasteiger partial charge is 0.416 e. The Morgan fingerprint density at radius 2 is 1.85 bits per heavy atom. The van der Waals surface area contributed by atoms with Crippen molar-refractivity contribution in [2.24, 2.45) is 7.05 Å². The predicted molar refractivity (Wildman–Crippen MR) is 92.9 cm³/mol. The van der Waals surface area contributed by atoms with E-state index in [9.17, 15) is 18.0 Å². The third kappa shape index (κ3) is 3.57. The quantitative estimate of drug-likeness (QED) is 0.699. The molecule has 0 aliphatic rings. The van der Waals surface area contributed by atoms with Gasteiger partial charge in [-0.15, -0.1) is 0 Å². The molecule has 0 aliphatic heterocycles. The van der Waals surface area contributed by atoms with Crippen molar-refractivity contribution in [2.75, 3.05) is 6.61 Å². The summed E-state index contributed by atoms with van der Waals surface area (Å²) in [7, 11) is 1.52. The van der Waals surface area contributed by atoms with Crippen LogP contribution in [-0.2, 0) is 13.2 Å². The van der Waals surface area contributed by atoms with Gasteiger partial charge in [0.1, 0.15) is 11.3 Å². The van der Waals surface area contributed by atoms with Gasteiger partial charge in [0.2, 0.25) is 0 Å². The van der Waals surface area contributed by atoms with Crippen molar-refractivity contribution < 1.29 is 17.9 Å². The van der Waals surface area contributed by atoms with Gasteiger partial charge in [0.25, 0.3) is 5.56 Å². The zero-order valence-corrected chi connectivity index (χ0v) is 14.9. The maximum absolute atomic E-state index is 12.7. The summed E-state index contributed by atoms with van der Waals surface area (Å²) in [5.74, 6) is 0.307. The summed E-state index contributed by atoms with van der Waals surface area (Å²) in [6.45, 7) is 3.90. The van der Waals surface area contributed by atoms with Crippen LogP contribution in [0.15, 0.2) is 41.5 Å². The first-order chi connectivity index (χ1) is 12.7. The normalized spacial score (nSPS) is 11.6. The predicted octanol–water partition coefficient (Wildman–Crippen LogP) is 3.36. The van der Waals surface area contributed by atoms with Gasteiger partial charge in [-0.1, -0.05) is 0 Å². The Morgan fingerprint density at radius 1 is 1.19 bits per heavy atom. The average molecular weight is 378 g/mol. The molecule has 0 saturated carbocycles. The summed E-state index contributed by atoms with van der Waals surface area (Å²) in [6, 6.07) is 4.63. The van der Waals surface area contributed by atoms with Gasteiger partial charge in [-0.05, 0) is 43.7 Å². The van der Waals surface area contributed by atoms with Crippen molar-refractivity contribution in [3.05, 3.63) is 58.1 Å². The van der Waals surface area contributed by atoms with Crippen LogP contribution in [0.3, 0.4) is 0 Å². The van der Waals surface area contributed by atoms with E-state index in [2.05, 4.69) is 10.2 Å². The number of benzene rings is 1. The molecule has 0 amide bonds. The number of alkyl halides is 3. The van der Waals surface area contributed by atoms with Crippen LogP contribution in [-0.4, -0.2) is 26.2 Å². The van der Waals surface area contributed by atoms with Crippen LogP contribution in [0.5, 0.6) is 5.75 Å². The number of hydrogen-bond acceptors (Lipinski definition) is 4. The minimum atomic E-state index is -4.40. The molecule has 0 bridgehead atoms. The molecule has 6 nitrogen and oxygen atoms in total. The highest BCUT2D eigenvalue weighted by Crippen LogP contribution is 2.31. The summed E-state index contributed by atoms with van der Waals surface area (Å²) in [5.41, 5.74) is 0.665. The first-order valence-electron chi connectivity index (χ1n) is 8.15. The average Bonchev–Trinajstić information content (AvgIpc) is 2.99. The molecule has 27 heavy (non-hydrogen) atoms. The van der Waals surface area contributed by atoms with Gasteiger partial charge in [-0.3, -0.25) is 4.79 Å². The van der Waals surface area contributed by atoms with Crippen LogP contribution >= 0.6 is 0 Å². The molecular weight excluding hydrogens is 361 g/mol. The minimum Gasteiger partial charge on any atom is -0.491 e. The van der Waals surface area contributed by atoms with Crippen LogP contribution in [0.25, 0.3) is 16.9 Å². The van der Waals surface area contributed by atoms with Gasteiger partial charge in [0, 0.05) is 13.2 Å². The van der Waals surface area contributed by atoms with E-state index in [-0.39, 0.29) is 11.1 Å². The molecule has 0 N–H and O–H groups in total. The monoisotopic (exact) mass is 378 g/mol. The molecule has 0 aliphatic carbocycles. The Balaban J connectivity index is 2.08. The number of hydrogen-bond donors (Lipinski definition) is 0. The molecular formula is C18H17F3N4O2. The van der Waals surface area contributed by atoms with Crippen molar-refractivity contribution in [1.29, 1.82) is 0 Å². The lowest BCUT2D eigenvalue weighted by atomic mass is 10.1. The van der Waals surface area contributed by atoms with Crippen molar-refractivity contribution in [3.8, 4) is 22.7 Å².